The van der Waals surface area contributed by atoms with E-state index in [1.54, 1.807) is 0 Å². The molecule has 158 valence electrons. The molecule has 0 saturated carbocycles. The first-order valence-corrected chi connectivity index (χ1v) is 9.88. The number of likely N-dealkylation sites (N-methyl/N-ethyl adjacent to an activating group) is 1. The molecule has 26 heavy (non-hydrogen) atoms. The van der Waals surface area contributed by atoms with Gasteiger partial charge in [0.25, 0.3) is 0 Å². The van der Waals surface area contributed by atoms with Gasteiger partial charge in [-0.2, -0.15) is 0 Å². The predicted molar refractivity (Wildman–Crippen MR) is 103 cm³/mol. The molecule has 0 radical (unpaired) electrons. The second kappa shape index (κ2) is 22.8. The van der Waals surface area contributed by atoms with Crippen LogP contribution in [0.4, 0.5) is 0 Å². The molecule has 0 atom stereocenters. The molecule has 0 aliphatic carbocycles. The molecule has 0 aliphatic rings. The van der Waals surface area contributed by atoms with Crippen LogP contribution >= 0.6 is 0 Å². The molecule has 0 amide bonds. The molecule has 0 aromatic carbocycles. The van der Waals surface area contributed by atoms with Crippen LogP contribution in [0.3, 0.4) is 0 Å². The maximum Gasteiger partial charge on any atom is 0.0701 e. The van der Waals surface area contributed by atoms with Gasteiger partial charge in [0.2, 0.25) is 0 Å². The maximum absolute atomic E-state index is 5.46. The summed E-state index contributed by atoms with van der Waals surface area (Å²) in [5, 5.41) is 0. The molecule has 0 saturated heterocycles. The zero-order valence-corrected chi connectivity index (χ0v) is 17.2. The fourth-order valence-corrected chi connectivity index (χ4v) is 1.90. The summed E-state index contributed by atoms with van der Waals surface area (Å²) in [6, 6.07) is 0. The van der Waals surface area contributed by atoms with E-state index < -0.39 is 0 Å². The number of hydrogen-bond donors (Lipinski definition) is 0. The lowest BCUT2D eigenvalue weighted by Crippen LogP contribution is -2.19. The second-order valence-corrected chi connectivity index (χ2v) is 6.18. The summed E-state index contributed by atoms with van der Waals surface area (Å²) >= 11 is 0. The summed E-state index contributed by atoms with van der Waals surface area (Å²) in [6.45, 7) is 10.7. The van der Waals surface area contributed by atoms with Crippen LogP contribution < -0.4 is 0 Å². The number of unbranched alkanes of at least 4 members (excludes halogenated alkanes) is 2. The smallest absolute Gasteiger partial charge is 0.0701 e. The van der Waals surface area contributed by atoms with Crippen LogP contribution in [-0.4, -0.2) is 105 Å². The SMILES string of the molecule is CCCCCOCCOCCOCCOCCOCCOCCN(C)C. The van der Waals surface area contributed by atoms with Crippen LogP contribution in [0.1, 0.15) is 26.2 Å². The monoisotopic (exact) mass is 379 g/mol. The van der Waals surface area contributed by atoms with Crippen molar-refractivity contribution in [1.29, 1.82) is 0 Å². The zero-order chi connectivity index (χ0) is 19.1. The lowest BCUT2D eigenvalue weighted by atomic mass is 10.3. The Bertz CT molecular complexity index is 256. The van der Waals surface area contributed by atoms with E-state index in [9.17, 15) is 0 Å². The summed E-state index contributed by atoms with van der Waals surface area (Å²) < 4.78 is 32.6. The minimum absolute atomic E-state index is 0.573. The molecule has 0 heterocycles. The first-order chi connectivity index (χ1) is 12.8. The van der Waals surface area contributed by atoms with Crippen molar-refractivity contribution < 1.29 is 28.4 Å². The number of nitrogens with zero attached hydrogens (tertiary/aromatic N) is 1. The van der Waals surface area contributed by atoms with E-state index in [1.165, 1.54) is 12.8 Å². The average Bonchev–Trinajstić information content (AvgIpc) is 2.62. The van der Waals surface area contributed by atoms with E-state index in [4.69, 9.17) is 28.4 Å². The minimum atomic E-state index is 0.573. The number of rotatable bonds is 22. The molecule has 0 aliphatic heterocycles. The summed E-state index contributed by atoms with van der Waals surface area (Å²) in [4.78, 5) is 2.09. The van der Waals surface area contributed by atoms with Crippen molar-refractivity contribution in [2.45, 2.75) is 26.2 Å². The number of ether oxygens (including phenoxy) is 6. The lowest BCUT2D eigenvalue weighted by molar-refractivity contribution is -0.0172. The molecular formula is C19H41NO6. The molecule has 0 bridgehead atoms. The fourth-order valence-electron chi connectivity index (χ4n) is 1.90. The third-order valence-corrected chi connectivity index (χ3v) is 3.44. The Kier molecular flexibility index (Phi) is 22.5. The van der Waals surface area contributed by atoms with Gasteiger partial charge in [0.15, 0.2) is 0 Å². The quantitative estimate of drug-likeness (QED) is 0.266. The summed E-state index contributed by atoms with van der Waals surface area (Å²) in [6.07, 6.45) is 3.59. The van der Waals surface area contributed by atoms with Gasteiger partial charge in [0.1, 0.15) is 0 Å². The van der Waals surface area contributed by atoms with Crippen molar-refractivity contribution in [1.82, 2.24) is 4.90 Å². The van der Waals surface area contributed by atoms with E-state index in [2.05, 4.69) is 11.8 Å². The zero-order valence-electron chi connectivity index (χ0n) is 17.2. The van der Waals surface area contributed by atoms with Gasteiger partial charge >= 0.3 is 0 Å². The van der Waals surface area contributed by atoms with Crippen LogP contribution in [0, 0.1) is 0 Å². The highest BCUT2D eigenvalue weighted by molar-refractivity contribution is 4.41. The van der Waals surface area contributed by atoms with E-state index >= 15 is 0 Å². The van der Waals surface area contributed by atoms with Gasteiger partial charge in [0, 0.05) is 13.2 Å². The molecule has 0 fully saturated rings. The Hall–Kier alpha value is -0.280. The van der Waals surface area contributed by atoms with Crippen molar-refractivity contribution in [3.8, 4) is 0 Å². The van der Waals surface area contributed by atoms with Gasteiger partial charge in [-0.3, -0.25) is 0 Å². The molecular weight excluding hydrogens is 338 g/mol. The molecule has 7 nitrogen and oxygen atoms in total. The third kappa shape index (κ3) is 23.7. The van der Waals surface area contributed by atoms with Gasteiger partial charge in [-0.05, 0) is 20.5 Å². The van der Waals surface area contributed by atoms with Crippen LogP contribution in [0.25, 0.3) is 0 Å². The van der Waals surface area contributed by atoms with E-state index in [1.807, 2.05) is 14.1 Å². The maximum atomic E-state index is 5.46. The highest BCUT2D eigenvalue weighted by atomic mass is 16.6. The van der Waals surface area contributed by atoms with Crippen molar-refractivity contribution in [3.63, 3.8) is 0 Å². The summed E-state index contributed by atoms with van der Waals surface area (Å²) in [5.41, 5.74) is 0. The van der Waals surface area contributed by atoms with Crippen LogP contribution in [0.2, 0.25) is 0 Å². The van der Waals surface area contributed by atoms with Gasteiger partial charge in [-0.1, -0.05) is 19.8 Å². The number of hydrogen-bond acceptors (Lipinski definition) is 7. The van der Waals surface area contributed by atoms with Gasteiger partial charge in [-0.25, -0.2) is 0 Å². The Morgan fingerprint density at radius 2 is 0.808 bits per heavy atom. The van der Waals surface area contributed by atoms with Crippen molar-refractivity contribution in [2.75, 3.05) is 99.9 Å². The molecule has 0 aromatic rings. The summed E-state index contributed by atoms with van der Waals surface area (Å²) in [5.74, 6) is 0. The van der Waals surface area contributed by atoms with Gasteiger partial charge in [0.05, 0.1) is 72.7 Å². The molecule has 0 unspecified atom stereocenters. The normalized spacial score (nSPS) is 11.5. The highest BCUT2D eigenvalue weighted by Crippen LogP contribution is 1.93. The first-order valence-electron chi connectivity index (χ1n) is 9.88. The predicted octanol–water partition coefficient (Wildman–Crippen LogP) is 1.84. The largest absolute Gasteiger partial charge is 0.379 e. The highest BCUT2D eigenvalue weighted by Gasteiger charge is 1.94. The second-order valence-electron chi connectivity index (χ2n) is 6.18. The van der Waals surface area contributed by atoms with Gasteiger partial charge in [-0.15, -0.1) is 0 Å². The molecule has 0 aromatic heterocycles. The van der Waals surface area contributed by atoms with Crippen LogP contribution in [0.15, 0.2) is 0 Å². The standard InChI is InChI=1S/C19H41NO6/c1-4-5-6-8-21-10-12-23-14-16-25-18-19-26-17-15-24-13-11-22-9-7-20(2)3/h4-19H2,1-3H3. The van der Waals surface area contributed by atoms with Crippen molar-refractivity contribution in [2.24, 2.45) is 0 Å². The van der Waals surface area contributed by atoms with E-state index in [0.717, 1.165) is 26.2 Å². The fraction of sp³-hybridized carbons (Fsp3) is 1.00. The third-order valence-electron chi connectivity index (χ3n) is 3.44. The van der Waals surface area contributed by atoms with E-state index in [0.29, 0.717) is 66.1 Å². The Morgan fingerprint density at radius 1 is 0.462 bits per heavy atom. The first kappa shape index (κ1) is 25.7. The van der Waals surface area contributed by atoms with Crippen molar-refractivity contribution in [3.05, 3.63) is 0 Å². The molecule has 0 rings (SSSR count). The molecule has 0 N–H and O–H groups in total. The lowest BCUT2D eigenvalue weighted by Gasteiger charge is -2.10. The average molecular weight is 380 g/mol. The minimum Gasteiger partial charge on any atom is -0.379 e. The Labute approximate surface area is 160 Å². The Balaban J connectivity index is 2.97. The topological polar surface area (TPSA) is 58.6 Å². The van der Waals surface area contributed by atoms with Crippen LogP contribution in [0.5, 0.6) is 0 Å². The van der Waals surface area contributed by atoms with E-state index in [-0.39, 0.29) is 0 Å². The Morgan fingerprint density at radius 3 is 1.15 bits per heavy atom. The van der Waals surface area contributed by atoms with Crippen molar-refractivity contribution >= 4 is 0 Å². The molecule has 7 heteroatoms. The van der Waals surface area contributed by atoms with Crippen LogP contribution in [-0.2, 0) is 28.4 Å². The summed E-state index contributed by atoms with van der Waals surface area (Å²) in [7, 11) is 4.05. The van der Waals surface area contributed by atoms with Gasteiger partial charge < -0.3 is 33.3 Å². The molecule has 0 spiro atoms.